The monoisotopic (exact) mass is 351 g/mol. The zero-order valence-corrected chi connectivity index (χ0v) is 14.4. The molecule has 126 valence electrons. The molecule has 2 fully saturated rings. The van der Waals surface area contributed by atoms with Gasteiger partial charge in [0.2, 0.25) is 11.8 Å². The Morgan fingerprint density at radius 3 is 2.08 bits per heavy atom. The molecule has 1 aromatic heterocycles. The van der Waals surface area contributed by atoms with Crippen LogP contribution in [0, 0.1) is 11.8 Å². The van der Waals surface area contributed by atoms with E-state index in [1.807, 2.05) is 36.4 Å². The summed E-state index contributed by atoms with van der Waals surface area (Å²) in [4.78, 5) is 0. The molecule has 3 aromatic rings. The van der Waals surface area contributed by atoms with Gasteiger partial charge in [0.05, 0.1) is 5.69 Å². The lowest BCUT2D eigenvalue weighted by Crippen LogP contribution is -2.22. The number of rotatable bonds is 1. The summed E-state index contributed by atoms with van der Waals surface area (Å²) >= 11 is 6.34. The van der Waals surface area contributed by atoms with Crippen molar-refractivity contribution in [1.29, 1.82) is 0 Å². The summed E-state index contributed by atoms with van der Waals surface area (Å²) in [5.41, 5.74) is 2.80. The van der Waals surface area contributed by atoms with Gasteiger partial charge in [-0.3, -0.25) is 4.57 Å². The molecule has 7 rings (SSSR count). The highest BCUT2D eigenvalue weighted by molar-refractivity contribution is 6.35. The molecule has 4 heteroatoms. The Balaban J connectivity index is 1.66. The first-order valence-electron chi connectivity index (χ1n) is 9.01. The third-order valence-corrected chi connectivity index (χ3v) is 7.07. The van der Waals surface area contributed by atoms with E-state index in [4.69, 9.17) is 11.6 Å². The van der Waals surface area contributed by atoms with Crippen LogP contribution in [0.2, 0.25) is 5.02 Å². The standard InChI is InChI=1S/C21H18ClNO2/c22-16-7-8-17(11-4-2-1-3-10(11)16)23-20(24)18-12-5-6-13(15-9-14(12)15)19(18)21(23)25/h1-4,7-8,12-15,24-25H,5-6,9H2/t12-,13+,14+,15-. The quantitative estimate of drug-likeness (QED) is 0.624. The molecule has 2 saturated carbocycles. The summed E-state index contributed by atoms with van der Waals surface area (Å²) in [6.07, 6.45) is 3.53. The zero-order chi connectivity index (χ0) is 16.9. The van der Waals surface area contributed by atoms with Gasteiger partial charge >= 0.3 is 0 Å². The van der Waals surface area contributed by atoms with Crippen molar-refractivity contribution in [3.63, 3.8) is 0 Å². The molecule has 0 spiro atoms. The summed E-state index contributed by atoms with van der Waals surface area (Å²) in [5.74, 6) is 2.70. The first kappa shape index (κ1) is 14.1. The fourth-order valence-corrected chi connectivity index (χ4v) is 5.88. The maximum Gasteiger partial charge on any atom is 0.202 e. The molecule has 3 nitrogen and oxygen atoms in total. The van der Waals surface area contributed by atoms with Crippen LogP contribution in [0.3, 0.4) is 0 Å². The van der Waals surface area contributed by atoms with Gasteiger partial charge in [0.1, 0.15) is 0 Å². The van der Waals surface area contributed by atoms with Gasteiger partial charge in [-0.2, -0.15) is 0 Å². The lowest BCUT2D eigenvalue weighted by atomic mass is 9.68. The van der Waals surface area contributed by atoms with Crippen molar-refractivity contribution in [3.05, 3.63) is 52.5 Å². The van der Waals surface area contributed by atoms with E-state index in [9.17, 15) is 10.2 Å². The van der Waals surface area contributed by atoms with E-state index in [-0.39, 0.29) is 11.8 Å². The molecule has 4 aliphatic rings. The fourth-order valence-electron chi connectivity index (χ4n) is 5.65. The number of fused-ring (bicyclic) bond motifs is 2. The Labute approximate surface area is 150 Å². The van der Waals surface area contributed by atoms with Crippen molar-refractivity contribution < 1.29 is 10.2 Å². The minimum absolute atomic E-state index is 0.222. The van der Waals surface area contributed by atoms with Crippen molar-refractivity contribution in [3.8, 4) is 17.4 Å². The molecule has 2 N–H and O–H groups in total. The first-order valence-corrected chi connectivity index (χ1v) is 9.38. The maximum absolute atomic E-state index is 11.1. The van der Waals surface area contributed by atoms with Crippen LogP contribution in [-0.2, 0) is 0 Å². The van der Waals surface area contributed by atoms with Crippen LogP contribution in [0.15, 0.2) is 36.4 Å². The average molecular weight is 352 g/mol. The summed E-state index contributed by atoms with van der Waals surface area (Å²) in [6.45, 7) is 0. The third kappa shape index (κ3) is 1.63. The lowest BCUT2D eigenvalue weighted by molar-refractivity contribution is 0.322. The molecule has 25 heavy (non-hydrogen) atoms. The predicted octanol–water partition coefficient (Wildman–Crippen LogP) is 5.31. The fraction of sp³-hybridized carbons (Fsp3) is 0.333. The van der Waals surface area contributed by atoms with E-state index >= 15 is 0 Å². The average Bonchev–Trinajstić information content (AvgIpc) is 3.41. The Bertz CT molecular complexity index is 1010. The number of hydrogen-bond donors (Lipinski definition) is 2. The molecule has 0 aliphatic heterocycles. The van der Waals surface area contributed by atoms with Crippen LogP contribution < -0.4 is 0 Å². The second kappa shape index (κ2) is 4.53. The zero-order valence-electron chi connectivity index (χ0n) is 13.6. The highest BCUT2D eigenvalue weighted by Gasteiger charge is 2.58. The Morgan fingerprint density at radius 1 is 0.840 bits per heavy atom. The van der Waals surface area contributed by atoms with Crippen molar-refractivity contribution in [2.24, 2.45) is 11.8 Å². The van der Waals surface area contributed by atoms with E-state index < -0.39 is 0 Å². The minimum Gasteiger partial charge on any atom is -0.494 e. The molecule has 0 amide bonds. The molecule has 0 radical (unpaired) electrons. The van der Waals surface area contributed by atoms with Crippen LogP contribution in [0.5, 0.6) is 11.8 Å². The van der Waals surface area contributed by atoms with Gasteiger partial charge in [-0.05, 0) is 55.1 Å². The molecule has 0 saturated heterocycles. The first-order chi connectivity index (χ1) is 12.2. The van der Waals surface area contributed by atoms with E-state index in [1.54, 1.807) is 4.57 Å². The molecule has 2 bridgehead atoms. The van der Waals surface area contributed by atoms with Gasteiger partial charge in [0.25, 0.3) is 0 Å². The highest BCUT2D eigenvalue weighted by Crippen LogP contribution is 2.70. The molecular weight excluding hydrogens is 334 g/mol. The number of nitrogens with zero attached hydrogens (tertiary/aromatic N) is 1. The Morgan fingerprint density at radius 2 is 1.44 bits per heavy atom. The second-order valence-corrected chi connectivity index (χ2v) is 8.18. The van der Waals surface area contributed by atoms with Gasteiger partial charge in [0, 0.05) is 26.9 Å². The van der Waals surface area contributed by atoms with E-state index in [0.717, 1.165) is 52.3 Å². The third-order valence-electron chi connectivity index (χ3n) is 6.74. The number of halogens is 1. The number of aromatic nitrogens is 1. The predicted molar refractivity (Wildman–Crippen MR) is 97.9 cm³/mol. The largest absolute Gasteiger partial charge is 0.494 e. The van der Waals surface area contributed by atoms with Crippen LogP contribution in [0.25, 0.3) is 16.5 Å². The molecule has 4 atom stereocenters. The van der Waals surface area contributed by atoms with Crippen molar-refractivity contribution >= 4 is 22.4 Å². The van der Waals surface area contributed by atoms with Gasteiger partial charge in [0.15, 0.2) is 0 Å². The summed E-state index contributed by atoms with van der Waals surface area (Å²) in [7, 11) is 0. The topological polar surface area (TPSA) is 45.4 Å². The Hall–Kier alpha value is -2.13. The SMILES string of the molecule is Oc1c2c(c(O)n1-c1ccc(Cl)c3ccccc13)[C@@H]1CC[C@H]2[C@H]2C[C@H]21. The van der Waals surface area contributed by atoms with E-state index in [0.29, 0.717) is 16.9 Å². The molecule has 2 aromatic carbocycles. The van der Waals surface area contributed by atoms with Crippen molar-refractivity contribution in [2.75, 3.05) is 0 Å². The molecular formula is C21H18ClNO2. The van der Waals surface area contributed by atoms with Gasteiger partial charge in [-0.1, -0.05) is 35.9 Å². The Kier molecular flexibility index (Phi) is 2.55. The highest BCUT2D eigenvalue weighted by atomic mass is 35.5. The molecule has 4 aliphatic carbocycles. The minimum atomic E-state index is 0.222. The normalized spacial score (nSPS) is 28.8. The van der Waals surface area contributed by atoms with Crippen LogP contribution in [-0.4, -0.2) is 14.8 Å². The van der Waals surface area contributed by atoms with Crippen molar-refractivity contribution in [1.82, 2.24) is 4.57 Å². The van der Waals surface area contributed by atoms with Crippen LogP contribution >= 0.6 is 11.6 Å². The van der Waals surface area contributed by atoms with Gasteiger partial charge < -0.3 is 10.2 Å². The van der Waals surface area contributed by atoms with Gasteiger partial charge in [-0.25, -0.2) is 0 Å². The van der Waals surface area contributed by atoms with Gasteiger partial charge in [-0.15, -0.1) is 0 Å². The lowest BCUT2D eigenvalue weighted by Gasteiger charge is -2.35. The second-order valence-electron chi connectivity index (χ2n) is 7.78. The van der Waals surface area contributed by atoms with E-state index in [2.05, 4.69) is 0 Å². The summed E-state index contributed by atoms with van der Waals surface area (Å²) in [6, 6.07) is 11.6. The maximum atomic E-state index is 11.1. The summed E-state index contributed by atoms with van der Waals surface area (Å²) < 4.78 is 1.64. The molecule has 1 heterocycles. The number of benzene rings is 2. The van der Waals surface area contributed by atoms with E-state index in [1.165, 1.54) is 6.42 Å². The molecule has 0 unspecified atom stereocenters. The number of hydrogen-bond acceptors (Lipinski definition) is 2. The smallest absolute Gasteiger partial charge is 0.202 e. The van der Waals surface area contributed by atoms with Crippen molar-refractivity contribution in [2.45, 2.75) is 31.1 Å². The van der Waals surface area contributed by atoms with Crippen LogP contribution in [0.1, 0.15) is 42.2 Å². The summed E-state index contributed by atoms with van der Waals surface area (Å²) in [5, 5.41) is 24.7. The number of aromatic hydroxyl groups is 2. The van der Waals surface area contributed by atoms with Crippen LogP contribution in [0.4, 0.5) is 0 Å².